The van der Waals surface area contributed by atoms with Crippen molar-refractivity contribution in [1.82, 2.24) is 4.90 Å². The number of rotatable bonds is 4. The molecule has 1 atom stereocenters. The normalized spacial score (nSPS) is 15.7. The second-order valence-electron chi connectivity index (χ2n) is 6.56. The van der Waals surface area contributed by atoms with Gasteiger partial charge in [-0.25, -0.2) is 4.79 Å². The summed E-state index contributed by atoms with van der Waals surface area (Å²) in [6.07, 6.45) is 0.358. The molecule has 1 aliphatic rings. The van der Waals surface area contributed by atoms with Crippen molar-refractivity contribution in [2.24, 2.45) is 5.41 Å². The van der Waals surface area contributed by atoms with Crippen molar-refractivity contribution >= 4 is 17.8 Å². The van der Waals surface area contributed by atoms with Crippen LogP contribution in [0.2, 0.25) is 0 Å². The molecule has 0 N–H and O–H groups in total. The number of imide groups is 1. The fourth-order valence-electron chi connectivity index (χ4n) is 2.59. The molecule has 1 unspecified atom stereocenters. The lowest BCUT2D eigenvalue weighted by Gasteiger charge is -2.30. The minimum absolute atomic E-state index is 0.211. The maximum absolute atomic E-state index is 12.5. The number of amides is 2. The van der Waals surface area contributed by atoms with Gasteiger partial charge in [-0.05, 0) is 30.9 Å². The fraction of sp³-hybridized carbons (Fsp3) is 0.471. The van der Waals surface area contributed by atoms with Gasteiger partial charge in [0.15, 0.2) is 0 Å². The molecule has 0 aromatic heterocycles. The Morgan fingerprint density at radius 1 is 1.14 bits per heavy atom. The number of ether oxygens (including phenoxy) is 1. The molecule has 118 valence electrons. The van der Waals surface area contributed by atoms with Gasteiger partial charge in [-0.3, -0.25) is 14.5 Å². The van der Waals surface area contributed by atoms with E-state index in [1.165, 1.54) is 0 Å². The zero-order valence-electron chi connectivity index (χ0n) is 13.4. The number of carbonyl (C=O) groups is 3. The molecule has 0 saturated heterocycles. The Bertz CT molecular complexity index is 580. The van der Waals surface area contributed by atoms with E-state index in [0.717, 1.165) is 4.90 Å². The van der Waals surface area contributed by atoms with Gasteiger partial charge >= 0.3 is 5.97 Å². The molecular formula is C17H21NO4. The zero-order chi connectivity index (χ0) is 16.5. The second kappa shape index (κ2) is 5.91. The van der Waals surface area contributed by atoms with Crippen LogP contribution in [0.4, 0.5) is 0 Å². The standard InChI is InChI=1S/C17H21NO4/c1-5-22-16(21)13(10-17(2,3)4)18-14(19)11-8-6-7-9-12(11)15(18)20/h6-9,13H,5,10H2,1-4H3. The molecule has 0 fully saturated rings. The highest BCUT2D eigenvalue weighted by Crippen LogP contribution is 2.30. The first kappa shape index (κ1) is 16.2. The van der Waals surface area contributed by atoms with E-state index in [2.05, 4.69) is 0 Å². The summed E-state index contributed by atoms with van der Waals surface area (Å²) in [5, 5.41) is 0. The van der Waals surface area contributed by atoms with Crippen molar-refractivity contribution in [2.75, 3.05) is 6.61 Å². The third-order valence-electron chi connectivity index (χ3n) is 3.50. The molecule has 1 aromatic rings. The Labute approximate surface area is 130 Å². The van der Waals surface area contributed by atoms with Crippen LogP contribution < -0.4 is 0 Å². The van der Waals surface area contributed by atoms with Crippen LogP contribution >= 0.6 is 0 Å². The molecule has 0 aliphatic carbocycles. The van der Waals surface area contributed by atoms with E-state index in [1.54, 1.807) is 31.2 Å². The van der Waals surface area contributed by atoms with Crippen LogP contribution in [0.3, 0.4) is 0 Å². The van der Waals surface area contributed by atoms with Crippen LogP contribution in [0, 0.1) is 5.41 Å². The predicted octanol–water partition coefficient (Wildman–Crippen LogP) is 2.65. The SMILES string of the molecule is CCOC(=O)C(CC(C)(C)C)N1C(=O)c2ccccc2C1=O. The summed E-state index contributed by atoms with van der Waals surface area (Å²) in [7, 11) is 0. The molecule has 0 saturated carbocycles. The summed E-state index contributed by atoms with van der Waals surface area (Å²) in [5.41, 5.74) is 0.457. The summed E-state index contributed by atoms with van der Waals surface area (Å²) in [4.78, 5) is 38.4. The van der Waals surface area contributed by atoms with E-state index in [0.29, 0.717) is 17.5 Å². The molecule has 0 radical (unpaired) electrons. The minimum atomic E-state index is -0.896. The van der Waals surface area contributed by atoms with Crippen LogP contribution in [0.1, 0.15) is 54.8 Å². The number of esters is 1. The molecule has 1 heterocycles. The largest absolute Gasteiger partial charge is 0.464 e. The fourth-order valence-corrected chi connectivity index (χ4v) is 2.59. The lowest BCUT2D eigenvalue weighted by Crippen LogP contribution is -2.47. The third kappa shape index (κ3) is 3.03. The zero-order valence-corrected chi connectivity index (χ0v) is 13.4. The molecule has 1 aliphatic heterocycles. The molecule has 22 heavy (non-hydrogen) atoms. The summed E-state index contributed by atoms with van der Waals surface area (Å²) in [6.45, 7) is 7.78. The average molecular weight is 303 g/mol. The number of carbonyl (C=O) groups excluding carboxylic acids is 3. The molecule has 0 bridgehead atoms. The molecular weight excluding hydrogens is 282 g/mol. The van der Waals surface area contributed by atoms with Crippen molar-refractivity contribution in [1.29, 1.82) is 0 Å². The summed E-state index contributed by atoms with van der Waals surface area (Å²) in [6, 6.07) is 5.73. The van der Waals surface area contributed by atoms with Crippen molar-refractivity contribution in [3.8, 4) is 0 Å². The van der Waals surface area contributed by atoms with Crippen molar-refractivity contribution in [3.05, 3.63) is 35.4 Å². The highest BCUT2D eigenvalue weighted by atomic mass is 16.5. The van der Waals surface area contributed by atoms with E-state index in [-0.39, 0.29) is 12.0 Å². The van der Waals surface area contributed by atoms with Crippen LogP contribution in [0.15, 0.2) is 24.3 Å². The predicted molar refractivity (Wildman–Crippen MR) is 81.4 cm³/mol. The Hall–Kier alpha value is -2.17. The number of nitrogens with zero attached hydrogens (tertiary/aromatic N) is 1. The molecule has 0 spiro atoms. The second-order valence-corrected chi connectivity index (χ2v) is 6.56. The van der Waals surface area contributed by atoms with Crippen LogP contribution in [0.25, 0.3) is 0 Å². The number of hydrogen-bond acceptors (Lipinski definition) is 4. The smallest absolute Gasteiger partial charge is 0.329 e. The average Bonchev–Trinajstić information content (AvgIpc) is 2.68. The van der Waals surface area contributed by atoms with Gasteiger partial charge in [0.05, 0.1) is 17.7 Å². The summed E-state index contributed by atoms with van der Waals surface area (Å²) >= 11 is 0. The number of benzene rings is 1. The van der Waals surface area contributed by atoms with Crippen molar-refractivity contribution in [2.45, 2.75) is 40.2 Å². The first-order valence-corrected chi connectivity index (χ1v) is 7.40. The van der Waals surface area contributed by atoms with E-state index in [4.69, 9.17) is 4.74 Å². The Balaban J connectivity index is 2.39. The molecule has 5 heteroatoms. The number of fused-ring (bicyclic) bond motifs is 1. The van der Waals surface area contributed by atoms with Gasteiger partial charge in [0.1, 0.15) is 6.04 Å². The molecule has 2 amide bonds. The van der Waals surface area contributed by atoms with Gasteiger partial charge in [0.2, 0.25) is 0 Å². The molecule has 1 aromatic carbocycles. The maximum Gasteiger partial charge on any atom is 0.329 e. The third-order valence-corrected chi connectivity index (χ3v) is 3.50. The van der Waals surface area contributed by atoms with Gasteiger partial charge in [0.25, 0.3) is 11.8 Å². The van der Waals surface area contributed by atoms with Gasteiger partial charge < -0.3 is 4.74 Å². The monoisotopic (exact) mass is 303 g/mol. The topological polar surface area (TPSA) is 63.7 Å². The highest BCUT2D eigenvalue weighted by Gasteiger charge is 2.44. The molecule has 2 rings (SSSR count). The van der Waals surface area contributed by atoms with Crippen molar-refractivity contribution in [3.63, 3.8) is 0 Å². The van der Waals surface area contributed by atoms with E-state index < -0.39 is 23.8 Å². The Morgan fingerprint density at radius 2 is 1.64 bits per heavy atom. The lowest BCUT2D eigenvalue weighted by atomic mass is 9.87. The van der Waals surface area contributed by atoms with E-state index in [1.807, 2.05) is 20.8 Å². The molecule has 5 nitrogen and oxygen atoms in total. The quantitative estimate of drug-likeness (QED) is 0.633. The summed E-state index contributed by atoms with van der Waals surface area (Å²) in [5.74, 6) is -1.39. The first-order chi connectivity index (χ1) is 10.3. The van der Waals surface area contributed by atoms with Crippen LogP contribution in [-0.2, 0) is 9.53 Å². The number of hydrogen-bond donors (Lipinski definition) is 0. The first-order valence-electron chi connectivity index (χ1n) is 7.40. The van der Waals surface area contributed by atoms with Gasteiger partial charge in [0, 0.05) is 0 Å². The Morgan fingerprint density at radius 3 is 2.05 bits per heavy atom. The highest BCUT2D eigenvalue weighted by molar-refractivity contribution is 6.22. The van der Waals surface area contributed by atoms with E-state index in [9.17, 15) is 14.4 Å². The lowest BCUT2D eigenvalue weighted by molar-refractivity contribution is -0.148. The van der Waals surface area contributed by atoms with Gasteiger partial charge in [-0.1, -0.05) is 32.9 Å². The van der Waals surface area contributed by atoms with Crippen LogP contribution in [0.5, 0.6) is 0 Å². The van der Waals surface area contributed by atoms with E-state index >= 15 is 0 Å². The van der Waals surface area contributed by atoms with Crippen molar-refractivity contribution < 1.29 is 19.1 Å². The summed E-state index contributed by atoms with van der Waals surface area (Å²) < 4.78 is 5.07. The maximum atomic E-state index is 12.5. The van der Waals surface area contributed by atoms with Gasteiger partial charge in [-0.2, -0.15) is 0 Å². The van der Waals surface area contributed by atoms with Crippen LogP contribution in [-0.4, -0.2) is 35.3 Å². The Kier molecular flexibility index (Phi) is 4.35. The van der Waals surface area contributed by atoms with Gasteiger partial charge in [-0.15, -0.1) is 0 Å². The minimum Gasteiger partial charge on any atom is -0.464 e.